The van der Waals surface area contributed by atoms with Crippen molar-refractivity contribution in [3.8, 4) is 27.8 Å². The van der Waals surface area contributed by atoms with E-state index in [0.717, 1.165) is 22.0 Å². The lowest BCUT2D eigenvalue weighted by molar-refractivity contribution is 0.365. The summed E-state index contributed by atoms with van der Waals surface area (Å²) in [5, 5.41) is 2.86. The average molecular weight is 298 g/mol. The van der Waals surface area contributed by atoms with Gasteiger partial charge in [0.05, 0.1) is 12.0 Å². The first kappa shape index (κ1) is 13.5. The topological polar surface area (TPSA) is 61.3 Å². The molecule has 0 aliphatic rings. The Morgan fingerprint density at radius 3 is 3.00 bits per heavy atom. The molecule has 0 radical (unpaired) electrons. The average Bonchev–Trinajstić information content (AvgIpc) is 3.16. The molecule has 4 nitrogen and oxygen atoms in total. The van der Waals surface area contributed by atoms with Crippen LogP contribution in [0.15, 0.2) is 59.0 Å². The highest BCUT2D eigenvalue weighted by atomic mass is 32.1. The van der Waals surface area contributed by atoms with Crippen molar-refractivity contribution in [1.29, 1.82) is 0 Å². The summed E-state index contributed by atoms with van der Waals surface area (Å²) in [6, 6.07) is 9.39. The van der Waals surface area contributed by atoms with E-state index in [2.05, 4.69) is 11.6 Å². The molecule has 0 fully saturated rings. The lowest BCUT2D eigenvalue weighted by Gasteiger charge is -2.07. The van der Waals surface area contributed by atoms with Crippen LogP contribution in [0, 0.1) is 0 Å². The maximum atomic E-state index is 6.00. The summed E-state index contributed by atoms with van der Waals surface area (Å²) < 4.78 is 10.8. The molecule has 0 unspecified atom stereocenters. The van der Waals surface area contributed by atoms with E-state index in [-0.39, 0.29) is 0 Å². The maximum absolute atomic E-state index is 6.00. The van der Waals surface area contributed by atoms with E-state index < -0.39 is 0 Å². The van der Waals surface area contributed by atoms with Crippen LogP contribution in [0.2, 0.25) is 0 Å². The number of rotatable bonds is 5. The Morgan fingerprint density at radius 2 is 2.29 bits per heavy atom. The predicted molar refractivity (Wildman–Crippen MR) is 85.4 cm³/mol. The maximum Gasteiger partial charge on any atom is 0.153 e. The fourth-order valence-corrected chi connectivity index (χ4v) is 2.71. The Morgan fingerprint density at radius 1 is 1.38 bits per heavy atom. The second kappa shape index (κ2) is 5.85. The standard InChI is InChI=1S/C16H14N2O2S/c1-2-7-19-14-6-5-11(9-12(14)17)16-18-13(10-21-16)15-4-3-8-20-15/h2-6,8-10H,1,7,17H2. The van der Waals surface area contributed by atoms with E-state index in [4.69, 9.17) is 14.9 Å². The summed E-state index contributed by atoms with van der Waals surface area (Å²) >= 11 is 1.55. The number of hydrogen-bond acceptors (Lipinski definition) is 5. The molecule has 0 aliphatic heterocycles. The summed E-state index contributed by atoms with van der Waals surface area (Å²) in [7, 11) is 0. The van der Waals surface area contributed by atoms with E-state index >= 15 is 0 Å². The van der Waals surface area contributed by atoms with Gasteiger partial charge in [-0.25, -0.2) is 4.98 Å². The van der Waals surface area contributed by atoms with Crippen molar-refractivity contribution in [2.24, 2.45) is 0 Å². The molecule has 2 heterocycles. The number of aromatic nitrogens is 1. The molecule has 2 aromatic heterocycles. The van der Waals surface area contributed by atoms with Crippen molar-refractivity contribution in [1.82, 2.24) is 4.98 Å². The summed E-state index contributed by atoms with van der Waals surface area (Å²) in [4.78, 5) is 4.57. The number of hydrogen-bond donors (Lipinski definition) is 1. The molecule has 0 saturated carbocycles. The van der Waals surface area contributed by atoms with E-state index in [1.54, 1.807) is 23.7 Å². The van der Waals surface area contributed by atoms with Crippen LogP contribution in [0.25, 0.3) is 22.0 Å². The lowest BCUT2D eigenvalue weighted by atomic mass is 10.2. The van der Waals surface area contributed by atoms with Gasteiger partial charge in [-0.15, -0.1) is 11.3 Å². The Labute approximate surface area is 126 Å². The van der Waals surface area contributed by atoms with Crippen molar-refractivity contribution in [2.75, 3.05) is 12.3 Å². The minimum absolute atomic E-state index is 0.434. The highest BCUT2D eigenvalue weighted by Gasteiger charge is 2.10. The summed E-state index contributed by atoms with van der Waals surface area (Å²) in [6.45, 7) is 4.05. The number of nitrogen functional groups attached to an aromatic ring is 1. The van der Waals surface area contributed by atoms with Gasteiger partial charge in [-0.2, -0.15) is 0 Å². The molecule has 5 heteroatoms. The number of ether oxygens (including phenoxy) is 1. The number of nitrogens with two attached hydrogens (primary N) is 1. The Balaban J connectivity index is 1.87. The van der Waals surface area contributed by atoms with Gasteiger partial charge in [0, 0.05) is 10.9 Å². The van der Waals surface area contributed by atoms with Gasteiger partial charge in [0.25, 0.3) is 0 Å². The highest BCUT2D eigenvalue weighted by molar-refractivity contribution is 7.13. The van der Waals surface area contributed by atoms with Gasteiger partial charge in [-0.05, 0) is 30.3 Å². The van der Waals surface area contributed by atoms with Crippen LogP contribution in [0.4, 0.5) is 5.69 Å². The number of nitrogens with zero attached hydrogens (tertiary/aromatic N) is 1. The SMILES string of the molecule is C=CCOc1ccc(-c2nc(-c3ccco3)cs2)cc1N. The molecule has 3 rings (SSSR count). The fourth-order valence-electron chi connectivity index (χ4n) is 1.91. The molecule has 0 spiro atoms. The van der Waals surface area contributed by atoms with Gasteiger partial charge in [-0.1, -0.05) is 12.7 Å². The molecule has 0 amide bonds. The first-order chi connectivity index (χ1) is 10.3. The molecule has 2 N–H and O–H groups in total. The molecule has 0 saturated heterocycles. The van der Waals surface area contributed by atoms with Crippen molar-refractivity contribution in [2.45, 2.75) is 0 Å². The summed E-state index contributed by atoms with van der Waals surface area (Å²) in [5.41, 5.74) is 8.37. The van der Waals surface area contributed by atoms with Crippen LogP contribution >= 0.6 is 11.3 Å². The van der Waals surface area contributed by atoms with E-state index in [1.165, 1.54) is 0 Å². The first-order valence-corrected chi connectivity index (χ1v) is 7.29. The zero-order chi connectivity index (χ0) is 14.7. The van der Waals surface area contributed by atoms with E-state index in [1.807, 2.05) is 35.7 Å². The van der Waals surface area contributed by atoms with Crippen LogP contribution in [0.3, 0.4) is 0 Å². The van der Waals surface area contributed by atoms with Crippen LogP contribution < -0.4 is 10.5 Å². The number of furan rings is 1. The predicted octanol–water partition coefficient (Wildman–Crippen LogP) is 4.22. The number of thiazole rings is 1. The van der Waals surface area contributed by atoms with Gasteiger partial charge in [0.2, 0.25) is 0 Å². The number of anilines is 1. The van der Waals surface area contributed by atoms with Crippen LogP contribution in [0.5, 0.6) is 5.75 Å². The van der Waals surface area contributed by atoms with E-state index in [0.29, 0.717) is 18.0 Å². The quantitative estimate of drug-likeness (QED) is 0.566. The second-order valence-corrected chi connectivity index (χ2v) is 5.23. The molecular weight excluding hydrogens is 284 g/mol. The number of benzene rings is 1. The van der Waals surface area contributed by atoms with Crippen LogP contribution in [0.1, 0.15) is 0 Å². The van der Waals surface area contributed by atoms with Crippen molar-refractivity contribution in [3.05, 3.63) is 54.6 Å². The van der Waals surface area contributed by atoms with Crippen LogP contribution in [-0.4, -0.2) is 11.6 Å². The monoisotopic (exact) mass is 298 g/mol. The minimum Gasteiger partial charge on any atom is -0.487 e. The molecule has 1 aromatic carbocycles. The minimum atomic E-state index is 0.434. The molecule has 21 heavy (non-hydrogen) atoms. The Kier molecular flexibility index (Phi) is 3.75. The summed E-state index contributed by atoms with van der Waals surface area (Å²) in [5.74, 6) is 1.41. The highest BCUT2D eigenvalue weighted by Crippen LogP contribution is 2.32. The van der Waals surface area contributed by atoms with Crippen LogP contribution in [-0.2, 0) is 0 Å². The van der Waals surface area contributed by atoms with Gasteiger partial charge in [0.15, 0.2) is 5.76 Å². The molecule has 106 valence electrons. The Bertz CT molecular complexity index is 747. The second-order valence-electron chi connectivity index (χ2n) is 4.37. The third-order valence-electron chi connectivity index (χ3n) is 2.89. The van der Waals surface area contributed by atoms with Gasteiger partial charge >= 0.3 is 0 Å². The molecule has 3 aromatic rings. The van der Waals surface area contributed by atoms with Gasteiger partial charge < -0.3 is 14.9 Å². The fraction of sp³-hybridized carbons (Fsp3) is 0.0625. The first-order valence-electron chi connectivity index (χ1n) is 6.41. The van der Waals surface area contributed by atoms with Gasteiger partial charge in [-0.3, -0.25) is 0 Å². The molecule has 0 atom stereocenters. The zero-order valence-corrected chi connectivity index (χ0v) is 12.1. The largest absolute Gasteiger partial charge is 0.487 e. The molecule has 0 bridgehead atoms. The zero-order valence-electron chi connectivity index (χ0n) is 11.3. The molecular formula is C16H14N2O2S. The normalized spacial score (nSPS) is 10.5. The third-order valence-corrected chi connectivity index (χ3v) is 3.78. The molecule has 0 aliphatic carbocycles. The van der Waals surface area contributed by atoms with Gasteiger partial charge in [0.1, 0.15) is 23.1 Å². The van der Waals surface area contributed by atoms with Crippen molar-refractivity contribution < 1.29 is 9.15 Å². The van der Waals surface area contributed by atoms with Crippen molar-refractivity contribution >= 4 is 17.0 Å². The van der Waals surface area contributed by atoms with E-state index in [9.17, 15) is 0 Å². The summed E-state index contributed by atoms with van der Waals surface area (Å²) in [6.07, 6.45) is 3.32. The smallest absolute Gasteiger partial charge is 0.153 e. The Hall–Kier alpha value is -2.53. The van der Waals surface area contributed by atoms with Crippen molar-refractivity contribution in [3.63, 3.8) is 0 Å². The lowest BCUT2D eigenvalue weighted by Crippen LogP contribution is -1.97. The third kappa shape index (κ3) is 2.83.